The molecule has 0 radical (unpaired) electrons. The van der Waals surface area contributed by atoms with Crippen LogP contribution >= 0.6 is 0 Å². The SMILES string of the molecule is CCCCCCCCCCCC(O)c1cccc2ccccc12. The molecule has 1 nitrogen and oxygen atoms in total. The monoisotopic (exact) mass is 312 g/mol. The summed E-state index contributed by atoms with van der Waals surface area (Å²) in [5.41, 5.74) is 1.09. The number of aliphatic hydroxyl groups is 1. The molecular formula is C22H32O. The Labute approximate surface area is 141 Å². The van der Waals surface area contributed by atoms with E-state index in [0.717, 1.165) is 18.4 Å². The largest absolute Gasteiger partial charge is 0.388 e. The van der Waals surface area contributed by atoms with Crippen LogP contribution in [0, 0.1) is 0 Å². The number of benzene rings is 2. The number of fused-ring (bicyclic) bond motifs is 1. The molecule has 0 aliphatic heterocycles. The van der Waals surface area contributed by atoms with Gasteiger partial charge in [0.2, 0.25) is 0 Å². The van der Waals surface area contributed by atoms with Crippen molar-refractivity contribution in [2.24, 2.45) is 0 Å². The molecule has 0 aliphatic rings. The van der Waals surface area contributed by atoms with Gasteiger partial charge in [0.15, 0.2) is 0 Å². The zero-order valence-electron chi connectivity index (χ0n) is 14.6. The third-order valence-corrected chi connectivity index (χ3v) is 4.76. The standard InChI is InChI=1S/C22H32O/c1-2-3-4-5-6-7-8-9-10-18-22(23)21-17-13-15-19-14-11-12-16-20(19)21/h11-17,22-23H,2-10,18H2,1H3. The molecule has 0 saturated heterocycles. The number of aliphatic hydroxyl groups excluding tert-OH is 1. The molecule has 2 aromatic rings. The summed E-state index contributed by atoms with van der Waals surface area (Å²) in [6.45, 7) is 2.27. The predicted octanol–water partition coefficient (Wildman–Crippen LogP) is 6.79. The van der Waals surface area contributed by atoms with Crippen molar-refractivity contribution in [3.8, 4) is 0 Å². The molecule has 0 bridgehead atoms. The van der Waals surface area contributed by atoms with Crippen molar-refractivity contribution in [2.45, 2.75) is 77.2 Å². The first kappa shape index (κ1) is 18.0. The Hall–Kier alpha value is -1.34. The van der Waals surface area contributed by atoms with E-state index in [2.05, 4.69) is 49.4 Å². The van der Waals surface area contributed by atoms with E-state index in [9.17, 15) is 5.11 Å². The van der Waals surface area contributed by atoms with Crippen LogP contribution < -0.4 is 0 Å². The summed E-state index contributed by atoms with van der Waals surface area (Å²) in [6.07, 6.45) is 12.5. The van der Waals surface area contributed by atoms with Crippen LogP contribution in [-0.2, 0) is 0 Å². The zero-order valence-corrected chi connectivity index (χ0v) is 14.6. The lowest BCUT2D eigenvalue weighted by Gasteiger charge is -2.13. The maximum atomic E-state index is 10.5. The number of unbranched alkanes of at least 4 members (excludes halogenated alkanes) is 8. The second-order valence-corrected chi connectivity index (χ2v) is 6.70. The molecule has 126 valence electrons. The van der Waals surface area contributed by atoms with Gasteiger partial charge in [-0.3, -0.25) is 0 Å². The molecule has 1 unspecified atom stereocenters. The molecule has 0 amide bonds. The van der Waals surface area contributed by atoms with Crippen LogP contribution in [0.25, 0.3) is 10.8 Å². The van der Waals surface area contributed by atoms with Crippen LogP contribution in [0.3, 0.4) is 0 Å². The summed E-state index contributed by atoms with van der Waals surface area (Å²) in [6, 6.07) is 14.6. The third kappa shape index (κ3) is 5.99. The van der Waals surface area contributed by atoms with Gasteiger partial charge in [-0.05, 0) is 22.8 Å². The fraction of sp³-hybridized carbons (Fsp3) is 0.545. The summed E-state index contributed by atoms with van der Waals surface area (Å²) >= 11 is 0. The van der Waals surface area contributed by atoms with Gasteiger partial charge >= 0.3 is 0 Å². The van der Waals surface area contributed by atoms with E-state index in [-0.39, 0.29) is 6.10 Å². The van der Waals surface area contributed by atoms with Crippen molar-refractivity contribution >= 4 is 10.8 Å². The Bertz CT molecular complexity index is 555. The first-order valence-corrected chi connectivity index (χ1v) is 9.48. The number of hydrogen-bond acceptors (Lipinski definition) is 1. The summed E-state index contributed by atoms with van der Waals surface area (Å²) < 4.78 is 0. The van der Waals surface area contributed by atoms with Gasteiger partial charge in [-0.15, -0.1) is 0 Å². The average molecular weight is 312 g/mol. The molecule has 0 aliphatic carbocycles. The zero-order chi connectivity index (χ0) is 16.3. The summed E-state index contributed by atoms with van der Waals surface area (Å²) in [4.78, 5) is 0. The minimum atomic E-state index is -0.328. The number of hydrogen-bond donors (Lipinski definition) is 1. The Kier molecular flexibility index (Phi) is 8.17. The first-order valence-electron chi connectivity index (χ1n) is 9.48. The Morgan fingerprint density at radius 3 is 2.09 bits per heavy atom. The maximum Gasteiger partial charge on any atom is 0.0796 e. The predicted molar refractivity (Wildman–Crippen MR) is 101 cm³/mol. The highest BCUT2D eigenvalue weighted by Gasteiger charge is 2.10. The Balaban J connectivity index is 1.68. The fourth-order valence-corrected chi connectivity index (χ4v) is 3.34. The topological polar surface area (TPSA) is 20.2 Å². The van der Waals surface area contributed by atoms with Gasteiger partial charge in [-0.25, -0.2) is 0 Å². The van der Waals surface area contributed by atoms with Crippen molar-refractivity contribution in [3.63, 3.8) is 0 Å². The normalized spacial score (nSPS) is 12.6. The van der Waals surface area contributed by atoms with Gasteiger partial charge in [0, 0.05) is 0 Å². The quantitative estimate of drug-likeness (QED) is 0.453. The molecular weight excluding hydrogens is 280 g/mol. The maximum absolute atomic E-state index is 10.5. The van der Waals surface area contributed by atoms with E-state index in [4.69, 9.17) is 0 Å². The van der Waals surface area contributed by atoms with Gasteiger partial charge in [0.05, 0.1) is 6.10 Å². The van der Waals surface area contributed by atoms with Crippen molar-refractivity contribution in [2.75, 3.05) is 0 Å². The second-order valence-electron chi connectivity index (χ2n) is 6.70. The van der Waals surface area contributed by atoms with Crippen LogP contribution in [0.4, 0.5) is 0 Å². The molecule has 2 rings (SSSR count). The molecule has 0 fully saturated rings. The summed E-state index contributed by atoms with van der Waals surface area (Å²) in [7, 11) is 0. The van der Waals surface area contributed by atoms with Gasteiger partial charge in [0.1, 0.15) is 0 Å². The van der Waals surface area contributed by atoms with Crippen molar-refractivity contribution in [1.82, 2.24) is 0 Å². The van der Waals surface area contributed by atoms with E-state index < -0.39 is 0 Å². The van der Waals surface area contributed by atoms with E-state index in [1.807, 2.05) is 0 Å². The number of rotatable bonds is 11. The highest BCUT2D eigenvalue weighted by atomic mass is 16.3. The van der Waals surface area contributed by atoms with E-state index >= 15 is 0 Å². The smallest absolute Gasteiger partial charge is 0.0796 e. The van der Waals surface area contributed by atoms with Gasteiger partial charge in [-0.2, -0.15) is 0 Å². The van der Waals surface area contributed by atoms with Crippen molar-refractivity contribution < 1.29 is 5.11 Å². The van der Waals surface area contributed by atoms with Crippen molar-refractivity contribution in [3.05, 3.63) is 48.0 Å². The van der Waals surface area contributed by atoms with E-state index in [1.165, 1.54) is 62.1 Å². The molecule has 2 aromatic carbocycles. The lowest BCUT2D eigenvalue weighted by atomic mass is 9.96. The van der Waals surface area contributed by atoms with Gasteiger partial charge in [-0.1, -0.05) is 107 Å². The Morgan fingerprint density at radius 2 is 1.35 bits per heavy atom. The lowest BCUT2D eigenvalue weighted by molar-refractivity contribution is 0.165. The molecule has 0 aromatic heterocycles. The molecule has 1 atom stereocenters. The van der Waals surface area contributed by atoms with Gasteiger partial charge in [0.25, 0.3) is 0 Å². The molecule has 1 N–H and O–H groups in total. The molecule has 0 saturated carbocycles. The average Bonchev–Trinajstić information content (AvgIpc) is 2.59. The van der Waals surface area contributed by atoms with E-state index in [1.54, 1.807) is 0 Å². The summed E-state index contributed by atoms with van der Waals surface area (Å²) in [5, 5.41) is 12.9. The van der Waals surface area contributed by atoms with Crippen molar-refractivity contribution in [1.29, 1.82) is 0 Å². The molecule has 0 spiro atoms. The van der Waals surface area contributed by atoms with E-state index in [0.29, 0.717) is 0 Å². The van der Waals surface area contributed by atoms with Crippen LogP contribution in [0.5, 0.6) is 0 Å². The van der Waals surface area contributed by atoms with Crippen LogP contribution in [0.15, 0.2) is 42.5 Å². The minimum absolute atomic E-state index is 0.328. The third-order valence-electron chi connectivity index (χ3n) is 4.76. The molecule has 23 heavy (non-hydrogen) atoms. The van der Waals surface area contributed by atoms with Crippen LogP contribution in [-0.4, -0.2) is 5.11 Å². The van der Waals surface area contributed by atoms with Crippen LogP contribution in [0.2, 0.25) is 0 Å². The van der Waals surface area contributed by atoms with Crippen LogP contribution in [0.1, 0.15) is 82.8 Å². The van der Waals surface area contributed by atoms with Gasteiger partial charge < -0.3 is 5.11 Å². The molecule has 0 heterocycles. The summed E-state index contributed by atoms with van der Waals surface area (Å²) in [5.74, 6) is 0. The second kappa shape index (κ2) is 10.4. The first-order chi connectivity index (χ1) is 11.3. The Morgan fingerprint density at radius 1 is 0.739 bits per heavy atom. The highest BCUT2D eigenvalue weighted by Crippen LogP contribution is 2.27. The fourth-order valence-electron chi connectivity index (χ4n) is 3.34. The lowest BCUT2D eigenvalue weighted by Crippen LogP contribution is -1.98. The highest BCUT2D eigenvalue weighted by molar-refractivity contribution is 5.85. The molecule has 1 heteroatoms. The minimum Gasteiger partial charge on any atom is -0.388 e.